The summed E-state index contributed by atoms with van der Waals surface area (Å²) in [5.74, 6) is 1.78. The van der Waals surface area contributed by atoms with E-state index in [1.807, 2.05) is 12.1 Å². The minimum absolute atomic E-state index is 0.187. The van der Waals surface area contributed by atoms with Gasteiger partial charge in [-0.05, 0) is 60.6 Å². The highest BCUT2D eigenvalue weighted by molar-refractivity contribution is 5.78. The lowest BCUT2D eigenvalue weighted by Gasteiger charge is -2.46. The fourth-order valence-corrected chi connectivity index (χ4v) is 4.07. The van der Waals surface area contributed by atoms with Gasteiger partial charge in [0.05, 0.1) is 0 Å². The third-order valence-electron chi connectivity index (χ3n) is 5.80. The average Bonchev–Trinajstić information content (AvgIpc) is 2.53. The van der Waals surface area contributed by atoms with Crippen molar-refractivity contribution in [3.8, 4) is 0 Å². The van der Waals surface area contributed by atoms with Crippen LogP contribution in [0.1, 0.15) is 58.9 Å². The van der Waals surface area contributed by atoms with E-state index in [4.69, 9.17) is 0 Å². The predicted molar refractivity (Wildman–Crippen MR) is 90.2 cm³/mol. The summed E-state index contributed by atoms with van der Waals surface area (Å²) >= 11 is 0. The number of rotatable bonds is 5. The van der Waals surface area contributed by atoms with Crippen LogP contribution in [0.3, 0.4) is 0 Å². The van der Waals surface area contributed by atoms with Gasteiger partial charge in [-0.25, -0.2) is 0 Å². The molecule has 0 saturated heterocycles. The van der Waals surface area contributed by atoms with Crippen LogP contribution in [0.2, 0.25) is 0 Å². The maximum Gasteiger partial charge on any atom is 0.223 e. The largest absolute Gasteiger partial charge is 0.352 e. The zero-order valence-corrected chi connectivity index (χ0v) is 14.4. The van der Waals surface area contributed by atoms with Gasteiger partial charge in [-0.15, -0.1) is 0 Å². The van der Waals surface area contributed by atoms with E-state index in [1.54, 1.807) is 12.4 Å². The minimum Gasteiger partial charge on any atom is -0.352 e. The molecule has 2 rings (SSSR count). The van der Waals surface area contributed by atoms with E-state index in [0.717, 1.165) is 18.4 Å². The van der Waals surface area contributed by atoms with Crippen molar-refractivity contribution < 1.29 is 4.79 Å². The first-order valence-corrected chi connectivity index (χ1v) is 8.62. The molecular weight excluding hydrogens is 272 g/mol. The Morgan fingerprint density at radius 1 is 1.18 bits per heavy atom. The van der Waals surface area contributed by atoms with Crippen LogP contribution in [-0.2, 0) is 11.3 Å². The smallest absolute Gasteiger partial charge is 0.223 e. The average molecular weight is 302 g/mol. The first-order chi connectivity index (χ1) is 10.5. The Bertz CT molecular complexity index is 463. The van der Waals surface area contributed by atoms with Crippen LogP contribution in [0.15, 0.2) is 24.5 Å². The van der Waals surface area contributed by atoms with E-state index >= 15 is 0 Å². The van der Waals surface area contributed by atoms with Gasteiger partial charge < -0.3 is 5.32 Å². The van der Waals surface area contributed by atoms with Crippen molar-refractivity contribution in [1.29, 1.82) is 0 Å². The monoisotopic (exact) mass is 302 g/mol. The molecule has 1 aromatic heterocycles. The molecule has 0 radical (unpaired) electrons. The van der Waals surface area contributed by atoms with E-state index in [9.17, 15) is 4.79 Å². The Morgan fingerprint density at radius 2 is 1.73 bits per heavy atom. The maximum atomic E-state index is 12.4. The SMILES string of the molecule is CC(C)C1(C(C)C)CCC(C(=O)NCc2ccncc2)CC1. The normalized spacial score (nSPS) is 18.6. The van der Waals surface area contributed by atoms with Crippen LogP contribution in [-0.4, -0.2) is 10.9 Å². The predicted octanol–water partition coefficient (Wildman–Crippen LogP) is 4.19. The quantitative estimate of drug-likeness (QED) is 0.886. The molecule has 0 aromatic carbocycles. The number of aromatic nitrogens is 1. The molecule has 1 saturated carbocycles. The van der Waals surface area contributed by atoms with Crippen molar-refractivity contribution in [2.45, 2.75) is 59.9 Å². The van der Waals surface area contributed by atoms with Crippen molar-refractivity contribution >= 4 is 5.91 Å². The van der Waals surface area contributed by atoms with E-state index in [1.165, 1.54) is 12.8 Å². The fraction of sp³-hybridized carbons (Fsp3) is 0.684. The van der Waals surface area contributed by atoms with Crippen molar-refractivity contribution in [3.63, 3.8) is 0 Å². The Morgan fingerprint density at radius 3 is 2.23 bits per heavy atom. The Hall–Kier alpha value is -1.38. The first-order valence-electron chi connectivity index (χ1n) is 8.62. The summed E-state index contributed by atoms with van der Waals surface area (Å²) in [6.45, 7) is 9.96. The lowest BCUT2D eigenvalue weighted by atomic mass is 9.59. The molecule has 0 bridgehead atoms. The van der Waals surface area contributed by atoms with Crippen LogP contribution in [0, 0.1) is 23.2 Å². The van der Waals surface area contributed by atoms with Crippen LogP contribution >= 0.6 is 0 Å². The lowest BCUT2D eigenvalue weighted by Crippen LogP contribution is -2.41. The minimum atomic E-state index is 0.187. The highest BCUT2D eigenvalue weighted by atomic mass is 16.1. The molecule has 0 aliphatic heterocycles. The third kappa shape index (κ3) is 3.68. The molecule has 1 aromatic rings. The first kappa shape index (κ1) is 17.0. The van der Waals surface area contributed by atoms with Crippen molar-refractivity contribution in [2.24, 2.45) is 23.2 Å². The van der Waals surface area contributed by atoms with Gasteiger partial charge in [-0.3, -0.25) is 9.78 Å². The molecule has 1 aliphatic rings. The molecule has 1 N–H and O–H groups in total. The number of hydrogen-bond donors (Lipinski definition) is 1. The van der Waals surface area contributed by atoms with Crippen molar-refractivity contribution in [2.75, 3.05) is 0 Å². The molecular formula is C19H30N2O. The molecule has 22 heavy (non-hydrogen) atoms. The van der Waals surface area contributed by atoms with Gasteiger partial charge in [-0.1, -0.05) is 27.7 Å². The van der Waals surface area contributed by atoms with Crippen molar-refractivity contribution in [1.82, 2.24) is 10.3 Å². The molecule has 0 unspecified atom stereocenters. The maximum absolute atomic E-state index is 12.4. The Labute approximate surface area is 134 Å². The summed E-state index contributed by atoms with van der Waals surface area (Å²) in [7, 11) is 0. The summed E-state index contributed by atoms with van der Waals surface area (Å²) in [4.78, 5) is 16.4. The number of amides is 1. The van der Waals surface area contributed by atoms with E-state index in [2.05, 4.69) is 38.0 Å². The van der Waals surface area contributed by atoms with Gasteiger partial charge in [0.15, 0.2) is 0 Å². The second-order valence-electron chi connectivity index (χ2n) is 7.39. The number of hydrogen-bond acceptors (Lipinski definition) is 2. The van der Waals surface area contributed by atoms with Crippen LogP contribution in [0.25, 0.3) is 0 Å². The van der Waals surface area contributed by atoms with Gasteiger partial charge in [0.25, 0.3) is 0 Å². The summed E-state index contributed by atoms with van der Waals surface area (Å²) in [5, 5.41) is 3.09. The van der Waals surface area contributed by atoms with Crippen LogP contribution in [0.4, 0.5) is 0 Å². The molecule has 3 heteroatoms. The Kier molecular flexibility index (Phi) is 5.60. The number of carbonyl (C=O) groups excluding carboxylic acids is 1. The Balaban J connectivity index is 1.87. The molecule has 1 amide bonds. The van der Waals surface area contributed by atoms with Crippen molar-refractivity contribution in [3.05, 3.63) is 30.1 Å². The number of nitrogens with zero attached hydrogens (tertiary/aromatic N) is 1. The molecule has 0 atom stereocenters. The van der Waals surface area contributed by atoms with Gasteiger partial charge >= 0.3 is 0 Å². The zero-order chi connectivity index (χ0) is 16.2. The fourth-order valence-electron chi connectivity index (χ4n) is 4.07. The van der Waals surface area contributed by atoms with E-state index in [-0.39, 0.29) is 11.8 Å². The molecule has 122 valence electrons. The molecule has 1 heterocycles. The standard InChI is InChI=1S/C19H30N2O/c1-14(2)19(15(3)4)9-5-17(6-10-19)18(22)21-13-16-7-11-20-12-8-16/h7-8,11-12,14-15,17H,5-6,9-10,13H2,1-4H3,(H,21,22). The summed E-state index contributed by atoms with van der Waals surface area (Å²) in [6.07, 6.45) is 7.94. The van der Waals surface area contributed by atoms with Crippen LogP contribution in [0.5, 0.6) is 0 Å². The summed E-state index contributed by atoms with van der Waals surface area (Å²) < 4.78 is 0. The summed E-state index contributed by atoms with van der Waals surface area (Å²) in [6, 6.07) is 3.90. The van der Waals surface area contributed by atoms with E-state index < -0.39 is 0 Å². The van der Waals surface area contributed by atoms with Gasteiger partial charge in [0, 0.05) is 24.9 Å². The second-order valence-corrected chi connectivity index (χ2v) is 7.39. The van der Waals surface area contributed by atoms with E-state index in [0.29, 0.717) is 23.8 Å². The number of carbonyl (C=O) groups is 1. The summed E-state index contributed by atoms with van der Waals surface area (Å²) in [5.41, 5.74) is 1.53. The molecule has 0 spiro atoms. The third-order valence-corrected chi connectivity index (χ3v) is 5.80. The van der Waals surface area contributed by atoms with Gasteiger partial charge in [-0.2, -0.15) is 0 Å². The van der Waals surface area contributed by atoms with Crippen LogP contribution < -0.4 is 5.32 Å². The molecule has 1 fully saturated rings. The lowest BCUT2D eigenvalue weighted by molar-refractivity contribution is -0.127. The zero-order valence-electron chi connectivity index (χ0n) is 14.4. The topological polar surface area (TPSA) is 42.0 Å². The highest BCUT2D eigenvalue weighted by Crippen LogP contribution is 2.49. The van der Waals surface area contributed by atoms with Gasteiger partial charge in [0.1, 0.15) is 0 Å². The highest BCUT2D eigenvalue weighted by Gasteiger charge is 2.41. The number of pyridine rings is 1. The second kappa shape index (κ2) is 7.26. The molecule has 1 aliphatic carbocycles. The molecule has 3 nitrogen and oxygen atoms in total. The van der Waals surface area contributed by atoms with Gasteiger partial charge in [0.2, 0.25) is 5.91 Å². The number of nitrogens with one attached hydrogen (secondary N) is 1.